The highest BCUT2D eigenvalue weighted by atomic mass is 16.7. The van der Waals surface area contributed by atoms with Crippen molar-refractivity contribution >= 4 is 17.9 Å². The average Bonchev–Trinajstić information content (AvgIpc) is 3.36. The first-order valence-corrected chi connectivity index (χ1v) is 25.7. The number of hydrogen-bond donors (Lipinski definition) is 0. The molecule has 3 saturated heterocycles. The SMILES string of the molecule is C=C1CC2/C=C/C(C)(C)C3(OC)OC(CC(=CC(=O)OC)C3OC(=O)C=CC=CCCC)CC([C@@H](C)OCOCc3ccccc3)OC(=O)CC(OCc3ccc(OC)cc3)CC3CC(=C)CC(CC(C1)O2)O3. The van der Waals surface area contributed by atoms with Crippen LogP contribution in [0.2, 0.25) is 0 Å². The lowest BCUT2D eigenvalue weighted by molar-refractivity contribution is -0.338. The molecule has 14 nitrogen and oxygen atoms in total. The Bertz CT molecular complexity index is 2250. The lowest BCUT2D eigenvalue weighted by Gasteiger charge is -2.53. The quantitative estimate of drug-likeness (QED) is 0.0281. The second-order valence-corrected chi connectivity index (χ2v) is 20.1. The summed E-state index contributed by atoms with van der Waals surface area (Å²) in [5.41, 5.74) is 3.25. The number of benzene rings is 2. The summed E-state index contributed by atoms with van der Waals surface area (Å²) in [7, 11) is 4.38. The van der Waals surface area contributed by atoms with Gasteiger partial charge in [-0.1, -0.05) is 124 Å². The van der Waals surface area contributed by atoms with Gasteiger partial charge in [0.1, 0.15) is 18.6 Å². The van der Waals surface area contributed by atoms with Crippen molar-refractivity contribution in [3.8, 4) is 5.75 Å². The van der Waals surface area contributed by atoms with Gasteiger partial charge in [0.05, 0.1) is 76.6 Å². The highest BCUT2D eigenvalue weighted by molar-refractivity contribution is 5.84. The number of allylic oxidation sites excluding steroid dienone is 3. The predicted molar refractivity (Wildman–Crippen MR) is 276 cm³/mol. The minimum Gasteiger partial charge on any atom is -0.497 e. The van der Waals surface area contributed by atoms with E-state index in [1.807, 2.05) is 93.6 Å². The molecule has 2 aromatic rings. The zero-order chi connectivity index (χ0) is 52.4. The molecule has 0 aliphatic carbocycles. The highest BCUT2D eigenvalue weighted by Crippen LogP contribution is 2.49. The molecular formula is C59H78O14. The van der Waals surface area contributed by atoms with Gasteiger partial charge in [0, 0.05) is 43.9 Å². The molecule has 6 bridgehead atoms. The van der Waals surface area contributed by atoms with Crippen LogP contribution in [0.15, 0.2) is 127 Å². The van der Waals surface area contributed by atoms with Crippen LogP contribution in [0, 0.1) is 5.41 Å². The van der Waals surface area contributed by atoms with E-state index in [4.69, 9.17) is 52.1 Å². The number of methoxy groups -OCH3 is 3. The monoisotopic (exact) mass is 1010 g/mol. The summed E-state index contributed by atoms with van der Waals surface area (Å²) in [6.07, 6.45) is 11.9. The summed E-state index contributed by atoms with van der Waals surface area (Å²) >= 11 is 0. The lowest BCUT2D eigenvalue weighted by Crippen LogP contribution is -2.63. The Morgan fingerprint density at radius 3 is 2.21 bits per heavy atom. The Labute approximate surface area is 432 Å². The summed E-state index contributed by atoms with van der Waals surface area (Å²) in [4.78, 5) is 41.6. The third-order valence-electron chi connectivity index (χ3n) is 13.8. The Morgan fingerprint density at radius 1 is 0.808 bits per heavy atom. The number of carbonyl (C=O) groups is 3. The van der Waals surface area contributed by atoms with Crippen molar-refractivity contribution in [1.82, 2.24) is 0 Å². The molecule has 4 aliphatic rings. The summed E-state index contributed by atoms with van der Waals surface area (Å²) in [6.45, 7) is 17.0. The van der Waals surface area contributed by atoms with Crippen LogP contribution in [-0.2, 0) is 75.0 Å². The van der Waals surface area contributed by atoms with Crippen molar-refractivity contribution in [3.05, 3.63) is 138 Å². The molecule has 4 aliphatic heterocycles. The average molecular weight is 1010 g/mol. The van der Waals surface area contributed by atoms with E-state index >= 15 is 0 Å². The number of fused-ring (bicyclic) bond motifs is 6. The number of hydrogen-bond acceptors (Lipinski definition) is 14. The molecule has 0 radical (unpaired) electrons. The number of cyclic esters (lactones) is 1. The topological polar surface area (TPSA) is 153 Å². The second-order valence-electron chi connectivity index (χ2n) is 20.1. The van der Waals surface area contributed by atoms with Crippen LogP contribution in [0.4, 0.5) is 0 Å². The fourth-order valence-electron chi connectivity index (χ4n) is 9.98. The van der Waals surface area contributed by atoms with E-state index in [0.29, 0.717) is 50.7 Å². The summed E-state index contributed by atoms with van der Waals surface area (Å²) in [5, 5.41) is 0. The fraction of sp³-hybridized carbons (Fsp3) is 0.542. The van der Waals surface area contributed by atoms with Gasteiger partial charge >= 0.3 is 17.9 Å². The van der Waals surface area contributed by atoms with Crippen molar-refractivity contribution < 1.29 is 66.5 Å². The first kappa shape index (κ1) is 57.1. The van der Waals surface area contributed by atoms with Crippen molar-refractivity contribution in [2.75, 3.05) is 28.1 Å². The van der Waals surface area contributed by atoms with Crippen LogP contribution in [0.25, 0.3) is 0 Å². The van der Waals surface area contributed by atoms with Crippen LogP contribution in [-0.4, -0.2) is 107 Å². The van der Waals surface area contributed by atoms with Gasteiger partial charge < -0.3 is 52.1 Å². The van der Waals surface area contributed by atoms with Crippen LogP contribution in [0.1, 0.15) is 109 Å². The smallest absolute Gasteiger partial charge is 0.331 e. The van der Waals surface area contributed by atoms with Gasteiger partial charge in [-0.05, 0) is 74.3 Å². The first-order valence-electron chi connectivity index (χ1n) is 25.7. The van der Waals surface area contributed by atoms with Gasteiger partial charge in [-0.25, -0.2) is 9.59 Å². The van der Waals surface area contributed by atoms with Gasteiger partial charge in [0.2, 0.25) is 5.79 Å². The molecule has 0 spiro atoms. The second kappa shape index (κ2) is 27.9. The molecule has 9 unspecified atom stereocenters. The largest absolute Gasteiger partial charge is 0.497 e. The maximum absolute atomic E-state index is 14.5. The molecule has 14 heteroatoms. The lowest BCUT2D eigenvalue weighted by atomic mass is 9.73. The van der Waals surface area contributed by atoms with Crippen molar-refractivity contribution in [2.45, 2.75) is 172 Å². The number of rotatable bonds is 17. The van der Waals surface area contributed by atoms with Crippen molar-refractivity contribution in [2.24, 2.45) is 5.41 Å². The maximum Gasteiger partial charge on any atom is 0.331 e. The van der Waals surface area contributed by atoms with E-state index in [-0.39, 0.29) is 57.1 Å². The minimum atomic E-state index is -1.77. The Kier molecular flexibility index (Phi) is 21.8. The van der Waals surface area contributed by atoms with Crippen LogP contribution < -0.4 is 4.74 Å². The molecule has 398 valence electrons. The zero-order valence-corrected chi connectivity index (χ0v) is 44.0. The number of ether oxygens (including phenoxy) is 11. The number of carbonyl (C=O) groups excluding carboxylic acids is 3. The van der Waals surface area contributed by atoms with Gasteiger partial charge in [-0.2, -0.15) is 0 Å². The molecule has 4 heterocycles. The van der Waals surface area contributed by atoms with Gasteiger partial charge in [0.15, 0.2) is 6.10 Å². The van der Waals surface area contributed by atoms with E-state index in [1.165, 1.54) is 26.4 Å². The molecule has 3 fully saturated rings. The Balaban J connectivity index is 1.40. The van der Waals surface area contributed by atoms with Crippen LogP contribution in [0.5, 0.6) is 5.75 Å². The number of unbranched alkanes of at least 4 members (excludes halogenated alkanes) is 1. The third kappa shape index (κ3) is 16.9. The summed E-state index contributed by atoms with van der Waals surface area (Å²) < 4.78 is 69.4. The number of esters is 3. The van der Waals surface area contributed by atoms with E-state index in [1.54, 1.807) is 19.3 Å². The highest BCUT2D eigenvalue weighted by Gasteiger charge is 2.59. The molecule has 2 aromatic carbocycles. The van der Waals surface area contributed by atoms with Crippen molar-refractivity contribution in [1.29, 1.82) is 0 Å². The Morgan fingerprint density at radius 2 is 1.51 bits per heavy atom. The molecular weight excluding hydrogens is 933 g/mol. The molecule has 6 rings (SSSR count). The van der Waals surface area contributed by atoms with Crippen molar-refractivity contribution in [3.63, 3.8) is 0 Å². The van der Waals surface area contributed by atoms with Gasteiger partial charge in [-0.3, -0.25) is 4.79 Å². The third-order valence-corrected chi connectivity index (χ3v) is 13.8. The van der Waals surface area contributed by atoms with Gasteiger partial charge in [-0.15, -0.1) is 0 Å². The molecule has 0 aromatic heterocycles. The fourth-order valence-corrected chi connectivity index (χ4v) is 9.98. The summed E-state index contributed by atoms with van der Waals surface area (Å²) in [6, 6.07) is 17.3. The molecule has 0 amide bonds. The minimum absolute atomic E-state index is 0.0637. The van der Waals surface area contributed by atoms with Crippen LogP contribution >= 0.6 is 0 Å². The first-order chi connectivity index (χ1) is 35.1. The summed E-state index contributed by atoms with van der Waals surface area (Å²) in [5.74, 6) is -2.92. The Hall–Kier alpha value is -5.19. The van der Waals surface area contributed by atoms with Gasteiger partial charge in [0.25, 0.3) is 0 Å². The molecule has 10 atom stereocenters. The molecule has 73 heavy (non-hydrogen) atoms. The van der Waals surface area contributed by atoms with E-state index in [2.05, 4.69) is 20.1 Å². The van der Waals surface area contributed by atoms with E-state index < -0.39 is 59.6 Å². The molecule has 0 N–H and O–H groups in total. The van der Waals surface area contributed by atoms with E-state index in [0.717, 1.165) is 40.9 Å². The van der Waals surface area contributed by atoms with Crippen LogP contribution in [0.3, 0.4) is 0 Å². The molecule has 0 saturated carbocycles. The standard InChI is InChI=1S/C59H78O14/c1-10-11-12-13-17-20-54(60)72-57-45(32-55(61)64-8)31-52-35-53(42(4)68-39-66-37-43-18-15-14-16-19-43)71-56(62)36-48(67-38-44-21-23-46(63-7)24-22-44)33-49-29-41(3)30-51(70-49)34-50-28-40(2)27-47(69-50)25-26-58(5,6)59(57,65-9)73-52/h12-26,32,42,47-53,57H,2-3,10-11,27-31,33-39H2,1,4-9H3/b13-12?,20-17?,26-25+,45-32?/t42-,47?,48?,49?,50?,51?,52?,53?,57?,59?/m1/s1. The normalized spacial score (nSPS) is 29.6. The predicted octanol–water partition coefficient (Wildman–Crippen LogP) is 10.5. The zero-order valence-electron chi connectivity index (χ0n) is 44.0. The van der Waals surface area contributed by atoms with E-state index in [9.17, 15) is 14.4 Å². The maximum atomic E-state index is 14.5.